The number of nitrogens with zero attached hydrogens (tertiary/aromatic N) is 3. The zero-order valence-corrected chi connectivity index (χ0v) is 13.5. The molecule has 2 bridgehead atoms. The molecule has 7 heteroatoms. The van der Waals surface area contributed by atoms with Crippen molar-refractivity contribution in [3.05, 3.63) is 27.0 Å². The Morgan fingerprint density at radius 1 is 1.38 bits per heavy atom. The van der Waals surface area contributed by atoms with E-state index in [1.54, 1.807) is 6.20 Å². The largest absolute Gasteiger partial charge is 0.376 e. The molecule has 2 saturated heterocycles. The van der Waals surface area contributed by atoms with Gasteiger partial charge >= 0.3 is 5.69 Å². The number of fused-ring (bicyclic) bond motifs is 2. The Bertz CT molecular complexity index is 540. The van der Waals surface area contributed by atoms with Gasteiger partial charge in [-0.15, -0.1) is 0 Å². The van der Waals surface area contributed by atoms with Gasteiger partial charge in [0.1, 0.15) is 11.9 Å². The molecule has 1 aromatic rings. The molecular formula is C14H19BrN4O2. The predicted octanol–water partition coefficient (Wildman–Crippen LogP) is 3.18. The number of pyridine rings is 1. The van der Waals surface area contributed by atoms with Gasteiger partial charge in [-0.3, -0.25) is 15.1 Å². The van der Waals surface area contributed by atoms with E-state index in [9.17, 15) is 10.1 Å². The molecule has 2 aliphatic rings. The van der Waals surface area contributed by atoms with Gasteiger partial charge in [-0.2, -0.15) is 0 Å². The second-order valence-corrected chi connectivity index (χ2v) is 6.84. The van der Waals surface area contributed by atoms with Gasteiger partial charge in [0.15, 0.2) is 0 Å². The van der Waals surface area contributed by atoms with Gasteiger partial charge in [0.05, 0.1) is 9.40 Å². The summed E-state index contributed by atoms with van der Waals surface area (Å²) in [6, 6.07) is 1.47. The SMILES string of the molecule is CN1C2CCCC1CC(Nc1c(Br)cncc1[N+](=O)[O-])C2. The molecule has 1 aromatic heterocycles. The van der Waals surface area contributed by atoms with Crippen LogP contribution in [0.25, 0.3) is 0 Å². The first-order valence-electron chi connectivity index (χ1n) is 7.32. The summed E-state index contributed by atoms with van der Waals surface area (Å²) in [6.07, 6.45) is 8.74. The molecule has 2 atom stereocenters. The maximum Gasteiger partial charge on any atom is 0.311 e. The number of anilines is 1. The summed E-state index contributed by atoms with van der Waals surface area (Å²) in [5.41, 5.74) is 0.594. The van der Waals surface area contributed by atoms with Crippen LogP contribution < -0.4 is 5.32 Å². The zero-order valence-electron chi connectivity index (χ0n) is 12.0. The molecule has 0 spiro atoms. The maximum absolute atomic E-state index is 11.2. The molecule has 2 unspecified atom stereocenters. The van der Waals surface area contributed by atoms with Crippen LogP contribution in [0.5, 0.6) is 0 Å². The molecule has 1 N–H and O–H groups in total. The molecule has 0 saturated carbocycles. The Balaban J connectivity index is 1.80. The third-order valence-electron chi connectivity index (χ3n) is 4.76. The van der Waals surface area contributed by atoms with E-state index in [2.05, 4.69) is 38.2 Å². The first-order chi connectivity index (χ1) is 10.1. The summed E-state index contributed by atoms with van der Waals surface area (Å²) >= 11 is 3.38. The van der Waals surface area contributed by atoms with Crippen molar-refractivity contribution < 1.29 is 4.92 Å². The molecular weight excluding hydrogens is 336 g/mol. The Morgan fingerprint density at radius 3 is 2.67 bits per heavy atom. The standard InChI is InChI=1S/C14H19BrN4O2/c1-18-10-3-2-4-11(18)6-9(5-10)17-14-12(15)7-16-8-13(14)19(20)21/h7-11H,2-6H2,1H3,(H,16,17). The Morgan fingerprint density at radius 2 is 2.05 bits per heavy atom. The Labute approximate surface area is 132 Å². The summed E-state index contributed by atoms with van der Waals surface area (Å²) in [4.78, 5) is 17.2. The van der Waals surface area contributed by atoms with Crippen LogP contribution in [0, 0.1) is 10.1 Å². The highest BCUT2D eigenvalue weighted by atomic mass is 79.9. The van der Waals surface area contributed by atoms with Gasteiger partial charge in [-0.25, -0.2) is 0 Å². The lowest BCUT2D eigenvalue weighted by Gasteiger charge is -2.47. The minimum absolute atomic E-state index is 0.0356. The lowest BCUT2D eigenvalue weighted by Crippen LogP contribution is -2.52. The predicted molar refractivity (Wildman–Crippen MR) is 84.4 cm³/mol. The van der Waals surface area contributed by atoms with Crippen LogP contribution in [-0.2, 0) is 0 Å². The maximum atomic E-state index is 11.2. The average Bonchev–Trinajstić information content (AvgIpc) is 2.41. The summed E-state index contributed by atoms with van der Waals surface area (Å²) in [5, 5.41) is 14.6. The number of hydrogen-bond acceptors (Lipinski definition) is 5. The van der Waals surface area contributed by atoms with E-state index in [1.165, 1.54) is 25.5 Å². The topological polar surface area (TPSA) is 71.3 Å². The van der Waals surface area contributed by atoms with Crippen molar-refractivity contribution in [3.63, 3.8) is 0 Å². The third-order valence-corrected chi connectivity index (χ3v) is 5.37. The zero-order chi connectivity index (χ0) is 15.0. The van der Waals surface area contributed by atoms with Gasteiger partial charge in [-0.1, -0.05) is 6.42 Å². The number of halogens is 1. The Hall–Kier alpha value is -1.21. The van der Waals surface area contributed by atoms with Crippen LogP contribution in [0.3, 0.4) is 0 Å². The van der Waals surface area contributed by atoms with Gasteiger partial charge in [-0.05, 0) is 48.7 Å². The molecule has 3 rings (SSSR count). The van der Waals surface area contributed by atoms with Crippen molar-refractivity contribution >= 4 is 27.3 Å². The van der Waals surface area contributed by atoms with Crippen molar-refractivity contribution in [2.24, 2.45) is 0 Å². The minimum Gasteiger partial charge on any atom is -0.376 e. The number of aromatic nitrogens is 1. The lowest BCUT2D eigenvalue weighted by atomic mass is 9.82. The molecule has 114 valence electrons. The highest BCUT2D eigenvalue weighted by Gasteiger charge is 2.36. The second kappa shape index (κ2) is 5.88. The number of nitro groups is 1. The van der Waals surface area contributed by atoms with Gasteiger partial charge in [0, 0.05) is 24.3 Å². The van der Waals surface area contributed by atoms with E-state index in [1.807, 2.05) is 0 Å². The first-order valence-corrected chi connectivity index (χ1v) is 8.12. The average molecular weight is 355 g/mol. The molecule has 0 amide bonds. The fourth-order valence-corrected chi connectivity index (χ4v) is 4.08. The fraction of sp³-hybridized carbons (Fsp3) is 0.643. The molecule has 0 aliphatic carbocycles. The van der Waals surface area contributed by atoms with E-state index in [-0.39, 0.29) is 16.7 Å². The summed E-state index contributed by atoms with van der Waals surface area (Å²) in [5.74, 6) is 0. The second-order valence-electron chi connectivity index (χ2n) is 5.99. The smallest absolute Gasteiger partial charge is 0.311 e. The van der Waals surface area contributed by atoms with Crippen LogP contribution in [0.4, 0.5) is 11.4 Å². The van der Waals surface area contributed by atoms with E-state index < -0.39 is 0 Å². The summed E-state index contributed by atoms with van der Waals surface area (Å²) < 4.78 is 0.654. The van der Waals surface area contributed by atoms with E-state index in [0.717, 1.165) is 12.8 Å². The van der Waals surface area contributed by atoms with Crippen molar-refractivity contribution in [3.8, 4) is 0 Å². The number of nitrogens with one attached hydrogen (secondary N) is 1. The van der Waals surface area contributed by atoms with Crippen molar-refractivity contribution in [1.29, 1.82) is 0 Å². The molecule has 21 heavy (non-hydrogen) atoms. The van der Waals surface area contributed by atoms with Crippen LogP contribution >= 0.6 is 15.9 Å². The molecule has 2 fully saturated rings. The molecule has 0 radical (unpaired) electrons. The first kappa shape index (κ1) is 14.7. The summed E-state index contributed by atoms with van der Waals surface area (Å²) in [7, 11) is 2.20. The van der Waals surface area contributed by atoms with Crippen LogP contribution in [0.2, 0.25) is 0 Å². The number of hydrogen-bond donors (Lipinski definition) is 1. The van der Waals surface area contributed by atoms with Gasteiger partial charge in [0.2, 0.25) is 0 Å². The molecule has 2 aliphatic heterocycles. The summed E-state index contributed by atoms with van der Waals surface area (Å²) in [6.45, 7) is 0. The molecule has 3 heterocycles. The molecule has 6 nitrogen and oxygen atoms in total. The van der Waals surface area contributed by atoms with Crippen LogP contribution in [0.15, 0.2) is 16.9 Å². The highest BCUT2D eigenvalue weighted by Crippen LogP contribution is 2.37. The van der Waals surface area contributed by atoms with Crippen molar-refractivity contribution in [1.82, 2.24) is 9.88 Å². The van der Waals surface area contributed by atoms with Crippen LogP contribution in [-0.4, -0.2) is 40.0 Å². The number of rotatable bonds is 3. The minimum atomic E-state index is -0.379. The monoisotopic (exact) mass is 354 g/mol. The number of piperidine rings is 2. The van der Waals surface area contributed by atoms with Crippen molar-refractivity contribution in [2.45, 2.75) is 50.2 Å². The molecule has 0 aromatic carbocycles. The fourth-order valence-electron chi connectivity index (χ4n) is 3.64. The highest BCUT2D eigenvalue weighted by molar-refractivity contribution is 9.10. The van der Waals surface area contributed by atoms with Crippen molar-refractivity contribution in [2.75, 3.05) is 12.4 Å². The van der Waals surface area contributed by atoms with E-state index in [4.69, 9.17) is 0 Å². The lowest BCUT2D eigenvalue weighted by molar-refractivity contribution is -0.384. The van der Waals surface area contributed by atoms with Crippen LogP contribution in [0.1, 0.15) is 32.1 Å². The third kappa shape index (κ3) is 2.89. The van der Waals surface area contributed by atoms with Gasteiger partial charge in [0.25, 0.3) is 0 Å². The quantitative estimate of drug-likeness (QED) is 0.666. The van der Waals surface area contributed by atoms with E-state index in [0.29, 0.717) is 22.2 Å². The van der Waals surface area contributed by atoms with Gasteiger partial charge < -0.3 is 10.2 Å². The van der Waals surface area contributed by atoms with E-state index >= 15 is 0 Å². The normalized spacial score (nSPS) is 29.1. The Kier molecular flexibility index (Phi) is 4.12.